The number of nitrogens with one attached hydrogen (secondary N) is 2. The van der Waals surface area contributed by atoms with Crippen molar-refractivity contribution >= 4 is 34.9 Å². The summed E-state index contributed by atoms with van der Waals surface area (Å²) >= 11 is 5.89. The topological polar surface area (TPSA) is 80.2 Å². The summed E-state index contributed by atoms with van der Waals surface area (Å²) in [6.45, 7) is 3.75. The minimum Gasteiger partial charge on any atom is -0.344 e. The van der Waals surface area contributed by atoms with Crippen LogP contribution in [0.5, 0.6) is 0 Å². The van der Waals surface area contributed by atoms with Gasteiger partial charge in [-0.1, -0.05) is 17.7 Å². The second-order valence-corrected chi connectivity index (χ2v) is 6.96. The van der Waals surface area contributed by atoms with Gasteiger partial charge in [0.05, 0.1) is 11.3 Å². The van der Waals surface area contributed by atoms with Crippen LogP contribution in [0.3, 0.4) is 0 Å². The van der Waals surface area contributed by atoms with Gasteiger partial charge in [-0.05, 0) is 44.5 Å². The molecular weight excluding hydrogens is 411 g/mol. The molecule has 0 spiro atoms. The largest absolute Gasteiger partial charge is 0.408 e. The molecule has 0 bridgehead atoms. The highest BCUT2D eigenvalue weighted by atomic mass is 35.5. The van der Waals surface area contributed by atoms with Crippen molar-refractivity contribution in [2.24, 2.45) is 7.05 Å². The first-order chi connectivity index (χ1) is 13.3. The maximum Gasteiger partial charge on any atom is 0.408 e. The first-order valence-corrected chi connectivity index (χ1v) is 8.87. The summed E-state index contributed by atoms with van der Waals surface area (Å²) in [5.74, 6) is -3.10. The van der Waals surface area contributed by atoms with Gasteiger partial charge in [-0.15, -0.1) is 0 Å². The third-order valence-electron chi connectivity index (χ3n) is 4.50. The fraction of sp³-hybridized carbons (Fsp3) is 0.316. The van der Waals surface area contributed by atoms with Crippen molar-refractivity contribution in [2.75, 3.05) is 5.32 Å². The molecule has 29 heavy (non-hydrogen) atoms. The first-order valence-electron chi connectivity index (χ1n) is 8.49. The van der Waals surface area contributed by atoms with Gasteiger partial charge in [-0.2, -0.15) is 13.2 Å². The number of benzene rings is 1. The van der Waals surface area contributed by atoms with Crippen LogP contribution in [0.1, 0.15) is 39.0 Å². The first kappa shape index (κ1) is 22.5. The van der Waals surface area contributed by atoms with Crippen molar-refractivity contribution in [1.82, 2.24) is 9.88 Å². The Morgan fingerprint density at radius 2 is 1.79 bits per heavy atom. The molecule has 2 amide bonds. The fourth-order valence-corrected chi connectivity index (χ4v) is 3.04. The molecule has 0 saturated heterocycles. The number of nitrogens with zero attached hydrogens (tertiary/aromatic N) is 1. The number of anilines is 1. The number of carbonyl (C=O) groups is 3. The Balaban J connectivity index is 2.33. The predicted molar refractivity (Wildman–Crippen MR) is 102 cm³/mol. The lowest BCUT2D eigenvalue weighted by molar-refractivity contribution is -0.156. The zero-order chi connectivity index (χ0) is 22.1. The second-order valence-electron chi connectivity index (χ2n) is 6.52. The van der Waals surface area contributed by atoms with Gasteiger partial charge < -0.3 is 15.2 Å². The SMILES string of the molecule is Cc1c(C(=O)Nc2cccc(Cl)c2)c(C)n(C)c1C(=O)C(=O)NC(C)C(F)(F)F. The zero-order valence-electron chi connectivity index (χ0n) is 16.1. The molecule has 0 radical (unpaired) electrons. The normalized spacial score (nSPS) is 12.4. The fourth-order valence-electron chi connectivity index (χ4n) is 2.85. The number of ketones is 1. The smallest absolute Gasteiger partial charge is 0.344 e. The van der Waals surface area contributed by atoms with Gasteiger partial charge >= 0.3 is 6.18 Å². The molecule has 0 aliphatic heterocycles. The third kappa shape index (κ3) is 4.79. The van der Waals surface area contributed by atoms with Crippen LogP contribution in [0, 0.1) is 13.8 Å². The van der Waals surface area contributed by atoms with Crippen molar-refractivity contribution in [1.29, 1.82) is 0 Å². The molecule has 10 heteroatoms. The van der Waals surface area contributed by atoms with Crippen LogP contribution in [0.4, 0.5) is 18.9 Å². The van der Waals surface area contributed by atoms with Crippen LogP contribution in [0.25, 0.3) is 0 Å². The van der Waals surface area contributed by atoms with E-state index in [4.69, 9.17) is 11.6 Å². The van der Waals surface area contributed by atoms with E-state index in [1.54, 1.807) is 30.4 Å². The van der Waals surface area contributed by atoms with E-state index in [9.17, 15) is 27.6 Å². The summed E-state index contributed by atoms with van der Waals surface area (Å²) in [7, 11) is 1.45. The highest BCUT2D eigenvalue weighted by Crippen LogP contribution is 2.24. The molecule has 0 saturated carbocycles. The highest BCUT2D eigenvalue weighted by Gasteiger charge is 2.39. The van der Waals surface area contributed by atoms with Gasteiger partial charge in [0, 0.05) is 23.5 Å². The Kier molecular flexibility index (Phi) is 6.42. The molecule has 2 N–H and O–H groups in total. The third-order valence-corrected chi connectivity index (χ3v) is 4.74. The summed E-state index contributed by atoms with van der Waals surface area (Å²) in [5, 5.41) is 4.69. The van der Waals surface area contributed by atoms with E-state index in [2.05, 4.69) is 5.32 Å². The highest BCUT2D eigenvalue weighted by molar-refractivity contribution is 6.43. The Morgan fingerprint density at radius 1 is 1.17 bits per heavy atom. The van der Waals surface area contributed by atoms with Crippen molar-refractivity contribution in [2.45, 2.75) is 33.0 Å². The van der Waals surface area contributed by atoms with E-state index in [-0.39, 0.29) is 16.8 Å². The van der Waals surface area contributed by atoms with E-state index in [0.29, 0.717) is 16.4 Å². The molecule has 6 nitrogen and oxygen atoms in total. The van der Waals surface area contributed by atoms with Crippen molar-refractivity contribution in [3.63, 3.8) is 0 Å². The van der Waals surface area contributed by atoms with Crippen LogP contribution < -0.4 is 10.6 Å². The molecule has 0 aliphatic rings. The van der Waals surface area contributed by atoms with Gasteiger partial charge in [0.2, 0.25) is 0 Å². The maximum atomic E-state index is 12.7. The van der Waals surface area contributed by atoms with Crippen LogP contribution in [0.15, 0.2) is 24.3 Å². The lowest BCUT2D eigenvalue weighted by atomic mass is 10.1. The Bertz CT molecular complexity index is 983. The number of Topliss-reactive ketones (excluding diaryl/α,β-unsaturated/α-hetero) is 1. The molecule has 1 heterocycles. The van der Waals surface area contributed by atoms with E-state index in [1.165, 1.54) is 24.6 Å². The van der Waals surface area contributed by atoms with Gasteiger partial charge in [0.25, 0.3) is 17.6 Å². The Labute approximate surface area is 170 Å². The Hall–Kier alpha value is -2.81. The van der Waals surface area contributed by atoms with Gasteiger partial charge in [-0.25, -0.2) is 0 Å². The van der Waals surface area contributed by atoms with E-state index >= 15 is 0 Å². The summed E-state index contributed by atoms with van der Waals surface area (Å²) < 4.78 is 39.3. The van der Waals surface area contributed by atoms with Crippen molar-refractivity contribution < 1.29 is 27.6 Å². The number of alkyl halides is 3. The molecule has 2 rings (SSSR count). The summed E-state index contributed by atoms with van der Waals surface area (Å²) in [5.41, 5.74) is 0.972. The number of hydrogen-bond donors (Lipinski definition) is 2. The molecule has 1 unspecified atom stereocenters. The summed E-state index contributed by atoms with van der Waals surface area (Å²) in [6.07, 6.45) is -4.68. The number of amides is 2. The molecule has 0 aliphatic carbocycles. The van der Waals surface area contributed by atoms with E-state index in [1.807, 2.05) is 0 Å². The summed E-state index contributed by atoms with van der Waals surface area (Å²) in [6, 6.07) is 4.24. The lowest BCUT2D eigenvalue weighted by Crippen LogP contribution is -2.46. The molecule has 1 atom stereocenters. The van der Waals surface area contributed by atoms with Crippen molar-refractivity contribution in [3.05, 3.63) is 51.8 Å². The molecule has 1 aromatic carbocycles. The zero-order valence-corrected chi connectivity index (χ0v) is 16.8. The Morgan fingerprint density at radius 3 is 2.34 bits per heavy atom. The van der Waals surface area contributed by atoms with Gasteiger partial charge in [0.15, 0.2) is 0 Å². The molecule has 156 valence electrons. The quantitative estimate of drug-likeness (QED) is 0.560. The summed E-state index contributed by atoms with van der Waals surface area (Å²) in [4.78, 5) is 37.2. The minimum absolute atomic E-state index is 0.146. The predicted octanol–water partition coefficient (Wildman–Crippen LogP) is 3.80. The second kappa shape index (κ2) is 8.28. The number of carbonyl (C=O) groups excluding carboxylic acids is 3. The van der Waals surface area contributed by atoms with Crippen LogP contribution >= 0.6 is 11.6 Å². The maximum absolute atomic E-state index is 12.7. The van der Waals surface area contributed by atoms with Crippen molar-refractivity contribution in [3.8, 4) is 0 Å². The monoisotopic (exact) mass is 429 g/mol. The number of halogens is 4. The van der Waals surface area contributed by atoms with E-state index in [0.717, 1.165) is 6.92 Å². The lowest BCUT2D eigenvalue weighted by Gasteiger charge is -2.16. The number of aromatic nitrogens is 1. The molecule has 1 aromatic heterocycles. The molecule has 0 fully saturated rings. The number of hydrogen-bond acceptors (Lipinski definition) is 3. The number of rotatable bonds is 5. The van der Waals surface area contributed by atoms with Crippen LogP contribution in [0.2, 0.25) is 5.02 Å². The average Bonchev–Trinajstić information content (AvgIpc) is 2.82. The average molecular weight is 430 g/mol. The standard InChI is InChI=1S/C19H19ClF3N3O3/c1-9-14(17(28)25-13-7-5-6-12(20)8-13)10(2)26(4)15(9)16(27)18(29)24-11(3)19(21,22)23/h5-8,11H,1-4H3,(H,24,29)(H,25,28). The molecule has 2 aromatic rings. The van der Waals surface area contributed by atoms with Crippen LogP contribution in [-0.4, -0.2) is 34.4 Å². The van der Waals surface area contributed by atoms with Gasteiger partial charge in [-0.3, -0.25) is 14.4 Å². The van der Waals surface area contributed by atoms with Gasteiger partial charge in [0.1, 0.15) is 6.04 Å². The van der Waals surface area contributed by atoms with E-state index < -0.39 is 29.8 Å². The minimum atomic E-state index is -4.68. The van der Waals surface area contributed by atoms with Crippen LogP contribution in [-0.2, 0) is 11.8 Å². The molecular formula is C19H19ClF3N3O3.